The smallest absolute Gasteiger partial charge is 1.00 e. The van der Waals surface area contributed by atoms with Gasteiger partial charge in [-0.3, -0.25) is 0 Å². The molecule has 0 spiro atoms. The van der Waals surface area contributed by atoms with Crippen LogP contribution in [0.2, 0.25) is 26.2 Å². The molecule has 1 radical (unpaired) electrons. The van der Waals surface area contributed by atoms with Gasteiger partial charge in [-0.1, -0.05) is 0 Å². The molecule has 0 saturated carbocycles. The minimum Gasteiger partial charge on any atom is -1.00 e. The van der Waals surface area contributed by atoms with Crippen LogP contribution < -0.4 is 24.8 Å². The van der Waals surface area contributed by atoms with Crippen molar-refractivity contribution in [3.8, 4) is 0 Å². The van der Waals surface area contributed by atoms with Gasteiger partial charge in [-0.05, 0) is 31.9 Å². The minimum absolute atomic E-state index is 0. The van der Waals surface area contributed by atoms with E-state index in [0.717, 1.165) is 10.4 Å². The Morgan fingerprint density at radius 1 is 1.22 bits per heavy atom. The predicted octanol–water partition coefficient (Wildman–Crippen LogP) is -4.28. The van der Waals surface area contributed by atoms with Crippen molar-refractivity contribution >= 4 is 22.4 Å². The van der Waals surface area contributed by atoms with Crippen LogP contribution in [0.4, 0.5) is 0 Å². The van der Waals surface area contributed by atoms with E-state index in [0.29, 0.717) is 5.76 Å². The van der Waals surface area contributed by atoms with Crippen LogP contribution in [0.1, 0.15) is 0 Å². The molecule has 99 valence electrons. The van der Waals surface area contributed by atoms with Crippen LogP contribution in [-0.4, -0.2) is 29.5 Å². The SMILES string of the molecule is CO[Si]1(C)C2=[C-]C(=O)C(O[Si](C)(C)C)=C21.[Cl-].[Cl-].[Ti+3]. The van der Waals surface area contributed by atoms with Crippen molar-refractivity contribution < 1.29 is 60.2 Å². The molecule has 1 unspecified atom stereocenters. The maximum atomic E-state index is 11.6. The Kier molecular flexibility index (Phi) is 7.44. The summed E-state index contributed by atoms with van der Waals surface area (Å²) >= 11 is 0. The molecule has 0 aromatic heterocycles. The van der Waals surface area contributed by atoms with E-state index in [9.17, 15) is 4.79 Å². The van der Waals surface area contributed by atoms with Crippen LogP contribution in [0, 0.1) is 6.08 Å². The second-order valence-electron chi connectivity index (χ2n) is 4.99. The van der Waals surface area contributed by atoms with Gasteiger partial charge in [0, 0.05) is 7.11 Å². The zero-order valence-electron chi connectivity index (χ0n) is 11.0. The molecule has 0 amide bonds. The maximum absolute atomic E-state index is 11.6. The Hall–Kier alpha value is 0.638. The maximum Gasteiger partial charge on any atom is 3.00 e. The summed E-state index contributed by atoms with van der Waals surface area (Å²) < 4.78 is 11.3. The van der Waals surface area contributed by atoms with Crippen molar-refractivity contribution in [2.24, 2.45) is 0 Å². The summed E-state index contributed by atoms with van der Waals surface area (Å²) in [5, 5.41) is 2.04. The molecule has 0 N–H and O–H groups in total. The number of allylic oxidation sites excluding steroid dienone is 3. The summed E-state index contributed by atoms with van der Waals surface area (Å²) in [6.07, 6.45) is 2.84. The summed E-state index contributed by atoms with van der Waals surface area (Å²) in [6.45, 7) is 8.28. The Balaban J connectivity index is 0. The number of hydrogen-bond donors (Lipinski definition) is 0. The molecule has 1 aliphatic carbocycles. The summed E-state index contributed by atoms with van der Waals surface area (Å²) in [7, 11) is -1.89. The third-order valence-corrected chi connectivity index (χ3v) is 6.77. The van der Waals surface area contributed by atoms with E-state index in [-0.39, 0.29) is 52.3 Å². The normalized spacial score (nSPS) is 24.3. The van der Waals surface area contributed by atoms with E-state index in [2.05, 4.69) is 32.3 Å². The average molecular weight is 358 g/mol. The van der Waals surface area contributed by atoms with E-state index in [1.165, 1.54) is 0 Å². The number of halogens is 2. The standard InChI is InChI=1S/C10H15O3Si2.2ClH.Ti/c1-12-15(5)8-6-7(11)9(10(8)15)13-14(2,3)4;;;/h1-5H3;2*1H;/q-1;;;+3/p-2. The molecule has 18 heavy (non-hydrogen) atoms. The van der Waals surface area contributed by atoms with Crippen LogP contribution in [0.25, 0.3) is 0 Å². The van der Waals surface area contributed by atoms with Gasteiger partial charge in [-0.15, -0.1) is 11.3 Å². The fourth-order valence-electron chi connectivity index (χ4n) is 1.76. The first-order valence-electron chi connectivity index (χ1n) is 4.97. The quantitative estimate of drug-likeness (QED) is 0.379. The Labute approximate surface area is 137 Å². The van der Waals surface area contributed by atoms with Crippen molar-refractivity contribution in [3.63, 3.8) is 0 Å². The molecule has 2 rings (SSSR count). The second-order valence-corrected chi connectivity index (χ2v) is 12.9. The molecule has 1 saturated heterocycles. The second kappa shape index (κ2) is 6.39. The van der Waals surface area contributed by atoms with Crippen molar-refractivity contribution in [3.05, 3.63) is 22.2 Å². The number of ketones is 1. The Morgan fingerprint density at radius 3 is 2.11 bits per heavy atom. The zero-order valence-corrected chi connectivity index (χ0v) is 16.1. The van der Waals surface area contributed by atoms with Crippen LogP contribution in [0.15, 0.2) is 16.2 Å². The van der Waals surface area contributed by atoms with Gasteiger partial charge in [0.05, 0.1) is 5.78 Å². The van der Waals surface area contributed by atoms with Gasteiger partial charge in [0.15, 0.2) is 8.32 Å². The van der Waals surface area contributed by atoms with Crippen LogP contribution in [0.3, 0.4) is 0 Å². The largest absolute Gasteiger partial charge is 3.00 e. The number of carbonyl (C=O) groups excluding carboxylic acids is 1. The monoisotopic (exact) mass is 357 g/mol. The molecular formula is C10H15Cl2O3Si2Ti. The van der Waals surface area contributed by atoms with E-state index >= 15 is 0 Å². The molecule has 8 heteroatoms. The topological polar surface area (TPSA) is 35.5 Å². The molecule has 1 fully saturated rings. The minimum atomic E-state index is -1.87. The number of Topliss-reactive ketones (excluding diaryl/α,β-unsaturated/α-hetero) is 1. The number of hydrogen-bond acceptors (Lipinski definition) is 3. The molecule has 1 aliphatic heterocycles. The summed E-state index contributed by atoms with van der Waals surface area (Å²) in [5.74, 6) is 0.435. The Morgan fingerprint density at radius 2 is 1.72 bits per heavy atom. The molecule has 1 atom stereocenters. The van der Waals surface area contributed by atoms with Gasteiger partial charge in [-0.2, -0.15) is 5.20 Å². The zero-order chi connectivity index (χ0) is 11.4. The molecule has 0 aromatic rings. The Bertz CT molecular complexity index is 418. The van der Waals surface area contributed by atoms with Gasteiger partial charge in [0.2, 0.25) is 8.32 Å². The van der Waals surface area contributed by atoms with Crippen LogP contribution in [0.5, 0.6) is 0 Å². The number of carbonyl (C=O) groups is 1. The van der Waals surface area contributed by atoms with Crippen LogP contribution in [-0.2, 0) is 35.4 Å². The third-order valence-electron chi connectivity index (χ3n) is 2.63. The van der Waals surface area contributed by atoms with E-state index in [1.807, 2.05) is 0 Å². The van der Waals surface area contributed by atoms with E-state index < -0.39 is 16.6 Å². The fourth-order valence-corrected chi connectivity index (χ4v) is 5.45. The van der Waals surface area contributed by atoms with Gasteiger partial charge < -0.3 is 38.5 Å². The van der Waals surface area contributed by atoms with Crippen molar-refractivity contribution in [1.29, 1.82) is 0 Å². The average Bonchev–Trinajstić information content (AvgIpc) is 2.51. The van der Waals surface area contributed by atoms with Crippen molar-refractivity contribution in [1.82, 2.24) is 0 Å². The van der Waals surface area contributed by atoms with Gasteiger partial charge in [0.1, 0.15) is 0 Å². The van der Waals surface area contributed by atoms with E-state index in [4.69, 9.17) is 8.85 Å². The summed E-state index contributed by atoms with van der Waals surface area (Å²) in [4.78, 5) is 11.6. The van der Waals surface area contributed by atoms with Gasteiger partial charge >= 0.3 is 21.7 Å². The molecule has 3 nitrogen and oxygen atoms in total. The van der Waals surface area contributed by atoms with E-state index in [1.54, 1.807) is 7.11 Å². The van der Waals surface area contributed by atoms with Gasteiger partial charge in [-0.25, -0.2) is 0 Å². The van der Waals surface area contributed by atoms with Crippen molar-refractivity contribution in [2.45, 2.75) is 26.2 Å². The first-order chi connectivity index (χ1) is 6.79. The fraction of sp³-hybridized carbons (Fsp3) is 0.500. The third kappa shape index (κ3) is 3.39. The molecule has 1 heterocycles. The first-order valence-corrected chi connectivity index (χ1v) is 10.8. The molecule has 0 bridgehead atoms. The summed E-state index contributed by atoms with van der Waals surface area (Å²) in [6, 6.07) is 0. The number of fused-ring (bicyclic) bond motifs is 1. The molecule has 2 aliphatic rings. The number of rotatable bonds is 3. The van der Waals surface area contributed by atoms with Crippen molar-refractivity contribution in [2.75, 3.05) is 7.11 Å². The summed E-state index contributed by atoms with van der Waals surface area (Å²) in [5.41, 5.74) is 0. The van der Waals surface area contributed by atoms with Crippen LogP contribution >= 0.6 is 0 Å². The first kappa shape index (κ1) is 20.9. The molecule has 0 aromatic carbocycles. The molecular weight excluding hydrogens is 343 g/mol. The predicted molar refractivity (Wildman–Crippen MR) is 61.8 cm³/mol. The van der Waals surface area contributed by atoms with Gasteiger partial charge in [0.25, 0.3) is 0 Å².